The Bertz CT molecular complexity index is 437. The first-order valence-corrected chi connectivity index (χ1v) is 5.59. The third kappa shape index (κ3) is 4.06. The molecule has 0 N–H and O–H groups in total. The highest BCUT2D eigenvalue weighted by Crippen LogP contribution is 2.11. The van der Waals surface area contributed by atoms with Gasteiger partial charge in [0.25, 0.3) is 5.91 Å². The van der Waals surface area contributed by atoms with Crippen LogP contribution in [0.3, 0.4) is 0 Å². The summed E-state index contributed by atoms with van der Waals surface area (Å²) >= 11 is 0. The molecule has 0 saturated heterocycles. The van der Waals surface area contributed by atoms with Crippen LogP contribution in [0.15, 0.2) is 24.3 Å². The van der Waals surface area contributed by atoms with Crippen molar-refractivity contribution in [1.29, 1.82) is 5.26 Å². The van der Waals surface area contributed by atoms with Crippen molar-refractivity contribution in [1.82, 2.24) is 4.90 Å². The van der Waals surface area contributed by atoms with Gasteiger partial charge >= 0.3 is 0 Å². The minimum absolute atomic E-state index is 0.0310. The summed E-state index contributed by atoms with van der Waals surface area (Å²) < 4.78 is 17.9. The molecule has 0 fully saturated rings. The van der Waals surface area contributed by atoms with E-state index in [1.807, 2.05) is 19.9 Å². The van der Waals surface area contributed by atoms with Crippen molar-refractivity contribution in [3.63, 3.8) is 0 Å². The molecule has 18 heavy (non-hydrogen) atoms. The molecule has 0 aliphatic carbocycles. The van der Waals surface area contributed by atoms with Gasteiger partial charge in [0.2, 0.25) is 0 Å². The largest absolute Gasteiger partial charge is 0.484 e. The summed E-state index contributed by atoms with van der Waals surface area (Å²) in [7, 11) is 0. The number of nitrogens with zero attached hydrogens (tertiary/aromatic N) is 2. The number of carbonyl (C=O) groups excluding carboxylic acids is 1. The molecule has 0 radical (unpaired) electrons. The lowest BCUT2D eigenvalue weighted by Crippen LogP contribution is -2.40. The second-order valence-electron chi connectivity index (χ2n) is 4.02. The molecule has 0 bridgehead atoms. The van der Waals surface area contributed by atoms with E-state index >= 15 is 0 Å². The van der Waals surface area contributed by atoms with Crippen molar-refractivity contribution in [2.24, 2.45) is 0 Å². The van der Waals surface area contributed by atoms with Crippen LogP contribution in [-0.2, 0) is 4.79 Å². The first kappa shape index (κ1) is 14.0. The van der Waals surface area contributed by atoms with E-state index in [0.717, 1.165) is 0 Å². The standard InChI is InChI=1S/C13H15FN2O2/c1-10(2)16(8-7-15)13(17)9-18-12-5-3-11(14)4-6-12/h3-6,10H,8-9H2,1-2H3. The van der Waals surface area contributed by atoms with Gasteiger partial charge in [-0.3, -0.25) is 4.79 Å². The Kier molecular flexibility index (Phi) is 5.12. The zero-order valence-electron chi connectivity index (χ0n) is 10.4. The smallest absolute Gasteiger partial charge is 0.261 e. The second kappa shape index (κ2) is 6.60. The van der Waals surface area contributed by atoms with Crippen molar-refractivity contribution >= 4 is 5.91 Å². The quantitative estimate of drug-likeness (QED) is 0.751. The van der Waals surface area contributed by atoms with Crippen LogP contribution in [0.25, 0.3) is 0 Å². The van der Waals surface area contributed by atoms with Crippen LogP contribution in [0.1, 0.15) is 13.8 Å². The van der Waals surface area contributed by atoms with Gasteiger partial charge in [-0.2, -0.15) is 5.26 Å². The van der Waals surface area contributed by atoms with Gasteiger partial charge in [-0.15, -0.1) is 0 Å². The maximum absolute atomic E-state index is 12.7. The molecule has 0 atom stereocenters. The zero-order chi connectivity index (χ0) is 13.5. The molecule has 1 amide bonds. The minimum Gasteiger partial charge on any atom is -0.484 e. The highest BCUT2D eigenvalue weighted by Gasteiger charge is 2.16. The van der Waals surface area contributed by atoms with Gasteiger partial charge in [0.1, 0.15) is 18.1 Å². The molecule has 1 aromatic carbocycles. The number of halogens is 1. The van der Waals surface area contributed by atoms with Gasteiger partial charge in [0.15, 0.2) is 6.61 Å². The van der Waals surface area contributed by atoms with Crippen LogP contribution in [0, 0.1) is 17.1 Å². The monoisotopic (exact) mass is 250 g/mol. The topological polar surface area (TPSA) is 53.3 Å². The van der Waals surface area contributed by atoms with E-state index in [9.17, 15) is 9.18 Å². The number of rotatable bonds is 5. The fourth-order valence-corrected chi connectivity index (χ4v) is 1.39. The van der Waals surface area contributed by atoms with Gasteiger partial charge in [-0.1, -0.05) is 0 Å². The first-order chi connectivity index (χ1) is 8.54. The number of hydrogen-bond acceptors (Lipinski definition) is 3. The van der Waals surface area contributed by atoms with Crippen LogP contribution in [-0.4, -0.2) is 30.0 Å². The third-order valence-corrected chi connectivity index (χ3v) is 2.36. The number of carbonyl (C=O) groups is 1. The van der Waals surface area contributed by atoms with Crippen LogP contribution in [0.2, 0.25) is 0 Å². The van der Waals surface area contributed by atoms with Crippen LogP contribution >= 0.6 is 0 Å². The van der Waals surface area contributed by atoms with E-state index in [0.29, 0.717) is 5.75 Å². The second-order valence-corrected chi connectivity index (χ2v) is 4.02. The molecule has 4 nitrogen and oxygen atoms in total. The van der Waals surface area contributed by atoms with Gasteiger partial charge in [-0.05, 0) is 38.1 Å². The molecule has 96 valence electrons. The lowest BCUT2D eigenvalue weighted by atomic mass is 10.3. The van der Waals surface area contributed by atoms with Crippen molar-refractivity contribution in [3.05, 3.63) is 30.1 Å². The van der Waals surface area contributed by atoms with E-state index in [4.69, 9.17) is 10.00 Å². The number of benzene rings is 1. The van der Waals surface area contributed by atoms with Crippen molar-refractivity contribution in [2.75, 3.05) is 13.2 Å². The third-order valence-electron chi connectivity index (χ3n) is 2.36. The normalized spacial score (nSPS) is 9.94. The molecular formula is C13H15FN2O2. The van der Waals surface area contributed by atoms with Crippen molar-refractivity contribution in [2.45, 2.75) is 19.9 Å². The number of hydrogen-bond donors (Lipinski definition) is 0. The van der Waals surface area contributed by atoms with E-state index < -0.39 is 0 Å². The summed E-state index contributed by atoms with van der Waals surface area (Å²) in [4.78, 5) is 13.2. The summed E-state index contributed by atoms with van der Waals surface area (Å²) in [6.07, 6.45) is 0. The fraction of sp³-hybridized carbons (Fsp3) is 0.385. The molecule has 0 aromatic heterocycles. The number of nitriles is 1. The summed E-state index contributed by atoms with van der Waals surface area (Å²) in [6.45, 7) is 3.52. The average molecular weight is 250 g/mol. The van der Waals surface area contributed by atoms with Crippen LogP contribution in [0.5, 0.6) is 5.75 Å². The summed E-state index contributed by atoms with van der Waals surface area (Å²) in [6, 6.07) is 7.29. The predicted octanol–water partition coefficient (Wildman–Crippen LogP) is 1.97. The van der Waals surface area contributed by atoms with Gasteiger partial charge in [0.05, 0.1) is 6.07 Å². The Morgan fingerprint density at radius 1 is 1.44 bits per heavy atom. The molecule has 0 unspecified atom stereocenters. The lowest BCUT2D eigenvalue weighted by molar-refractivity contribution is -0.134. The molecule has 1 rings (SSSR count). The van der Waals surface area contributed by atoms with E-state index in [-0.39, 0.29) is 30.9 Å². The van der Waals surface area contributed by atoms with Crippen LogP contribution < -0.4 is 4.74 Å². The Morgan fingerprint density at radius 2 is 2.06 bits per heavy atom. The van der Waals surface area contributed by atoms with Crippen LogP contribution in [0.4, 0.5) is 4.39 Å². The summed E-state index contributed by atoms with van der Waals surface area (Å²) in [5.74, 6) is -0.205. The van der Waals surface area contributed by atoms with Gasteiger partial charge in [0, 0.05) is 6.04 Å². The Balaban J connectivity index is 2.54. The first-order valence-electron chi connectivity index (χ1n) is 5.59. The highest BCUT2D eigenvalue weighted by molar-refractivity contribution is 5.78. The predicted molar refractivity (Wildman–Crippen MR) is 64.4 cm³/mol. The number of ether oxygens (including phenoxy) is 1. The van der Waals surface area contributed by atoms with Gasteiger partial charge in [-0.25, -0.2) is 4.39 Å². The Labute approximate surface area is 106 Å². The maximum atomic E-state index is 12.7. The number of amides is 1. The average Bonchev–Trinajstić information content (AvgIpc) is 2.34. The molecule has 0 spiro atoms. The van der Waals surface area contributed by atoms with Gasteiger partial charge < -0.3 is 9.64 Å². The molecule has 5 heteroatoms. The van der Waals surface area contributed by atoms with E-state index in [2.05, 4.69) is 0 Å². The molecule has 1 aromatic rings. The van der Waals surface area contributed by atoms with Crippen molar-refractivity contribution < 1.29 is 13.9 Å². The minimum atomic E-state index is -0.359. The maximum Gasteiger partial charge on any atom is 0.261 e. The molecule has 0 aliphatic heterocycles. The highest BCUT2D eigenvalue weighted by atomic mass is 19.1. The Morgan fingerprint density at radius 3 is 2.56 bits per heavy atom. The molecular weight excluding hydrogens is 235 g/mol. The van der Waals surface area contributed by atoms with E-state index in [1.54, 1.807) is 0 Å². The van der Waals surface area contributed by atoms with E-state index in [1.165, 1.54) is 29.2 Å². The summed E-state index contributed by atoms with van der Waals surface area (Å²) in [5, 5.41) is 8.62. The summed E-state index contributed by atoms with van der Waals surface area (Å²) in [5.41, 5.74) is 0. The molecule has 0 heterocycles. The molecule has 0 aliphatic rings. The SMILES string of the molecule is CC(C)N(CC#N)C(=O)COc1ccc(F)cc1. The fourth-order valence-electron chi connectivity index (χ4n) is 1.39. The van der Waals surface area contributed by atoms with Crippen molar-refractivity contribution in [3.8, 4) is 11.8 Å². The Hall–Kier alpha value is -2.09. The molecule has 0 saturated carbocycles. The zero-order valence-corrected chi connectivity index (χ0v) is 10.4. The lowest BCUT2D eigenvalue weighted by Gasteiger charge is -2.23.